The fourth-order valence-corrected chi connectivity index (χ4v) is 3.77. The van der Waals surface area contributed by atoms with E-state index in [1.54, 1.807) is 32.3 Å². The Kier molecular flexibility index (Phi) is 12.2. The molecule has 3 heterocycles. The molecule has 0 aliphatic carbocycles. The first-order chi connectivity index (χ1) is 17.9. The average molecular weight is 576 g/mol. The van der Waals surface area contributed by atoms with Gasteiger partial charge in [-0.1, -0.05) is 6.07 Å². The molecule has 0 unspecified atom stereocenters. The van der Waals surface area contributed by atoms with Crippen LogP contribution in [0, 0.1) is 0 Å². The SMILES string of the molecule is COc1ncccc1CN1CC[C@@]2(C[C@H](NC(=O)N(C)C)CCO2)C1.O=C(O)C(F)(F)F.O=C(O)C(F)(F)F. The Bertz CT molecular complexity index is 953. The molecule has 3 rings (SSSR count). The Morgan fingerprint density at radius 3 is 2.23 bits per heavy atom. The second-order valence-electron chi connectivity index (χ2n) is 8.80. The summed E-state index contributed by atoms with van der Waals surface area (Å²) in [6.07, 6.45) is -5.69. The van der Waals surface area contributed by atoms with Crippen molar-refractivity contribution in [2.45, 2.75) is 49.8 Å². The lowest BCUT2D eigenvalue weighted by molar-refractivity contribution is -0.193. The van der Waals surface area contributed by atoms with E-state index in [4.69, 9.17) is 29.3 Å². The minimum Gasteiger partial charge on any atom is -0.481 e. The first-order valence-corrected chi connectivity index (χ1v) is 11.3. The van der Waals surface area contributed by atoms with Crippen LogP contribution in [-0.2, 0) is 20.9 Å². The summed E-state index contributed by atoms with van der Waals surface area (Å²) in [6.45, 7) is 3.35. The fraction of sp³-hybridized carbons (Fsp3) is 0.636. The van der Waals surface area contributed by atoms with Crippen LogP contribution in [0.25, 0.3) is 0 Å². The molecule has 0 radical (unpaired) electrons. The number of likely N-dealkylation sites (tertiary alicyclic amines) is 1. The summed E-state index contributed by atoms with van der Waals surface area (Å²) in [6, 6.07) is 4.14. The van der Waals surface area contributed by atoms with Gasteiger partial charge in [0, 0.05) is 58.1 Å². The molecule has 2 aliphatic rings. The molecule has 2 atom stereocenters. The number of urea groups is 1. The minimum atomic E-state index is -5.08. The van der Waals surface area contributed by atoms with Crippen LogP contribution in [0.4, 0.5) is 31.1 Å². The Hall–Kier alpha value is -3.34. The molecule has 2 amide bonds. The monoisotopic (exact) mass is 576 g/mol. The number of ether oxygens (including phenoxy) is 2. The molecule has 0 aromatic carbocycles. The number of carbonyl (C=O) groups excluding carboxylic acids is 1. The van der Waals surface area contributed by atoms with Crippen molar-refractivity contribution < 1.29 is 60.4 Å². The van der Waals surface area contributed by atoms with Gasteiger partial charge >= 0.3 is 30.3 Å². The summed E-state index contributed by atoms with van der Waals surface area (Å²) < 4.78 is 75.0. The minimum absolute atomic E-state index is 0.0306. The highest BCUT2D eigenvalue weighted by Gasteiger charge is 2.44. The van der Waals surface area contributed by atoms with Crippen molar-refractivity contribution in [3.05, 3.63) is 23.9 Å². The van der Waals surface area contributed by atoms with Crippen LogP contribution in [0.5, 0.6) is 5.88 Å². The van der Waals surface area contributed by atoms with Crippen LogP contribution in [0.1, 0.15) is 24.8 Å². The third-order valence-corrected chi connectivity index (χ3v) is 5.54. The normalized spacial score (nSPS) is 21.1. The maximum absolute atomic E-state index is 11.9. The number of pyridine rings is 1. The topological polar surface area (TPSA) is 142 Å². The Morgan fingerprint density at radius 1 is 1.18 bits per heavy atom. The number of nitrogens with zero attached hydrogens (tertiary/aromatic N) is 3. The number of carboxylic acids is 2. The van der Waals surface area contributed by atoms with Crippen LogP contribution in [0.3, 0.4) is 0 Å². The smallest absolute Gasteiger partial charge is 0.481 e. The Balaban J connectivity index is 0.000000449. The Labute approximate surface area is 219 Å². The van der Waals surface area contributed by atoms with Crippen molar-refractivity contribution in [3.63, 3.8) is 0 Å². The molecule has 2 aliphatic heterocycles. The number of alkyl halides is 6. The summed E-state index contributed by atoms with van der Waals surface area (Å²) in [5.74, 6) is -4.83. The maximum atomic E-state index is 11.9. The number of aliphatic carboxylic acids is 2. The number of hydrogen-bond donors (Lipinski definition) is 3. The maximum Gasteiger partial charge on any atom is 0.490 e. The van der Waals surface area contributed by atoms with Gasteiger partial charge < -0.3 is 29.9 Å². The predicted octanol–water partition coefficient (Wildman–Crippen LogP) is 2.75. The summed E-state index contributed by atoms with van der Waals surface area (Å²) in [7, 11) is 5.19. The molecule has 1 aromatic rings. The largest absolute Gasteiger partial charge is 0.490 e. The van der Waals surface area contributed by atoms with E-state index in [-0.39, 0.29) is 17.7 Å². The van der Waals surface area contributed by atoms with Crippen molar-refractivity contribution in [1.29, 1.82) is 0 Å². The van der Waals surface area contributed by atoms with Gasteiger partial charge in [0.1, 0.15) is 0 Å². The summed E-state index contributed by atoms with van der Waals surface area (Å²) in [5.41, 5.74) is 0.938. The summed E-state index contributed by atoms with van der Waals surface area (Å²) in [4.78, 5) is 38.0. The lowest BCUT2D eigenvalue weighted by Gasteiger charge is -2.38. The van der Waals surface area contributed by atoms with E-state index in [9.17, 15) is 31.1 Å². The van der Waals surface area contributed by atoms with Gasteiger partial charge in [-0.15, -0.1) is 0 Å². The van der Waals surface area contributed by atoms with Gasteiger partial charge in [0.25, 0.3) is 0 Å². The molecule has 2 fully saturated rings. The van der Waals surface area contributed by atoms with Crippen molar-refractivity contribution in [3.8, 4) is 5.88 Å². The van der Waals surface area contributed by atoms with Crippen LogP contribution in [0.2, 0.25) is 0 Å². The van der Waals surface area contributed by atoms with E-state index >= 15 is 0 Å². The molecule has 11 nitrogen and oxygen atoms in total. The predicted molar refractivity (Wildman–Crippen MR) is 122 cm³/mol. The number of carbonyl (C=O) groups is 3. The Morgan fingerprint density at radius 2 is 1.74 bits per heavy atom. The zero-order valence-corrected chi connectivity index (χ0v) is 21.3. The molecule has 39 heavy (non-hydrogen) atoms. The molecule has 222 valence electrons. The molecule has 3 N–H and O–H groups in total. The summed E-state index contributed by atoms with van der Waals surface area (Å²) in [5, 5.41) is 17.4. The number of halogens is 6. The van der Waals surface area contributed by atoms with E-state index in [0.29, 0.717) is 12.5 Å². The van der Waals surface area contributed by atoms with E-state index in [1.165, 1.54) is 0 Å². The van der Waals surface area contributed by atoms with Gasteiger partial charge in [-0.3, -0.25) is 4.90 Å². The van der Waals surface area contributed by atoms with Gasteiger partial charge in [-0.2, -0.15) is 26.3 Å². The number of amides is 2. The number of aromatic nitrogens is 1. The van der Waals surface area contributed by atoms with Crippen molar-refractivity contribution >= 4 is 18.0 Å². The van der Waals surface area contributed by atoms with Gasteiger partial charge in [0.05, 0.1) is 12.7 Å². The highest BCUT2D eigenvalue weighted by Crippen LogP contribution is 2.35. The number of methoxy groups -OCH3 is 1. The van der Waals surface area contributed by atoms with Crippen LogP contribution in [-0.4, -0.2) is 108 Å². The highest BCUT2D eigenvalue weighted by molar-refractivity contribution is 5.74. The molecular formula is C22H30F6N4O7. The van der Waals surface area contributed by atoms with Crippen molar-refractivity contribution in [2.24, 2.45) is 0 Å². The third-order valence-electron chi connectivity index (χ3n) is 5.54. The van der Waals surface area contributed by atoms with E-state index < -0.39 is 24.3 Å². The first-order valence-electron chi connectivity index (χ1n) is 11.3. The first kappa shape index (κ1) is 33.7. The van der Waals surface area contributed by atoms with Gasteiger partial charge in [-0.05, 0) is 25.3 Å². The quantitative estimate of drug-likeness (QED) is 0.462. The molecule has 2 saturated heterocycles. The third kappa shape index (κ3) is 11.5. The zero-order valence-electron chi connectivity index (χ0n) is 21.3. The number of rotatable bonds is 4. The molecule has 0 saturated carbocycles. The lowest BCUT2D eigenvalue weighted by Crippen LogP contribution is -2.51. The second-order valence-corrected chi connectivity index (χ2v) is 8.80. The van der Waals surface area contributed by atoms with Gasteiger partial charge in [-0.25, -0.2) is 19.4 Å². The standard InChI is InChI=1S/C18H28N4O3.2C2HF3O2/c1-21(2)17(23)20-15-6-10-25-18(11-15)7-9-22(13-18)12-14-5-4-8-19-16(14)24-3;2*3-2(4,5)1(6)7/h4-5,8,15H,6-7,9-13H2,1-3H3,(H,20,23);2*(H,6,7)/t15-,18-;;/m1../s1. The van der Waals surface area contributed by atoms with Crippen LogP contribution >= 0.6 is 0 Å². The molecule has 1 aromatic heterocycles. The summed E-state index contributed by atoms with van der Waals surface area (Å²) >= 11 is 0. The van der Waals surface area contributed by atoms with Gasteiger partial charge in [0.15, 0.2) is 0 Å². The van der Waals surface area contributed by atoms with Crippen LogP contribution < -0.4 is 10.1 Å². The average Bonchev–Trinajstić information content (AvgIpc) is 3.20. The molecule has 1 spiro atoms. The molecular weight excluding hydrogens is 546 g/mol. The molecule has 0 bridgehead atoms. The van der Waals surface area contributed by atoms with Crippen molar-refractivity contribution in [1.82, 2.24) is 20.1 Å². The number of hydrogen-bond acceptors (Lipinski definition) is 7. The van der Waals surface area contributed by atoms with Crippen LogP contribution in [0.15, 0.2) is 18.3 Å². The fourth-order valence-electron chi connectivity index (χ4n) is 3.77. The van der Waals surface area contributed by atoms with E-state index in [2.05, 4.69) is 21.3 Å². The zero-order chi connectivity index (χ0) is 30.0. The molecule has 17 heteroatoms. The number of nitrogens with one attached hydrogen (secondary N) is 1. The van der Waals surface area contributed by atoms with Crippen molar-refractivity contribution in [2.75, 3.05) is 40.9 Å². The lowest BCUT2D eigenvalue weighted by atomic mass is 9.89. The van der Waals surface area contributed by atoms with E-state index in [0.717, 1.165) is 44.5 Å². The van der Waals surface area contributed by atoms with Gasteiger partial charge in [0.2, 0.25) is 5.88 Å². The number of carboxylic acid groups (broad SMARTS) is 2. The second kappa shape index (κ2) is 14.2. The highest BCUT2D eigenvalue weighted by atomic mass is 19.4. The van der Waals surface area contributed by atoms with E-state index in [1.807, 2.05) is 6.07 Å².